The molecule has 1 fully saturated rings. The number of phenols is 1. The van der Waals surface area contributed by atoms with Crippen LogP contribution in [0.5, 0.6) is 5.75 Å². The van der Waals surface area contributed by atoms with Crippen molar-refractivity contribution in [3.8, 4) is 11.4 Å². The highest BCUT2D eigenvalue weighted by Crippen LogP contribution is 2.39. The Morgan fingerprint density at radius 1 is 1.10 bits per heavy atom. The molecule has 0 saturated carbocycles. The summed E-state index contributed by atoms with van der Waals surface area (Å²) >= 11 is 5.76. The Bertz CT molecular complexity index is 986. The molecule has 2 aromatic heterocycles. The van der Waals surface area contributed by atoms with Crippen molar-refractivity contribution in [2.24, 2.45) is 0 Å². The zero-order valence-electron chi connectivity index (χ0n) is 17.3. The smallest absolute Gasteiger partial charge is 0.170 e. The van der Waals surface area contributed by atoms with Gasteiger partial charge in [-0.25, -0.2) is 0 Å². The maximum Gasteiger partial charge on any atom is 0.170 e. The minimum atomic E-state index is -0.0381. The van der Waals surface area contributed by atoms with E-state index >= 15 is 0 Å². The van der Waals surface area contributed by atoms with E-state index in [4.69, 9.17) is 12.2 Å². The molecule has 0 unspecified atom stereocenters. The summed E-state index contributed by atoms with van der Waals surface area (Å²) in [7, 11) is 4.18. The molecule has 6 nitrogen and oxygen atoms in total. The van der Waals surface area contributed by atoms with Gasteiger partial charge in [0.25, 0.3) is 0 Å². The predicted molar refractivity (Wildman–Crippen MR) is 123 cm³/mol. The Labute approximate surface area is 182 Å². The number of rotatable bonds is 7. The molecule has 1 aliphatic rings. The van der Waals surface area contributed by atoms with Crippen LogP contribution < -0.4 is 5.32 Å². The zero-order chi connectivity index (χ0) is 21.1. The fourth-order valence-corrected chi connectivity index (χ4v) is 4.34. The van der Waals surface area contributed by atoms with Crippen LogP contribution in [0.15, 0.2) is 67.0 Å². The third kappa shape index (κ3) is 4.17. The van der Waals surface area contributed by atoms with Crippen LogP contribution >= 0.6 is 12.2 Å². The molecule has 3 aromatic rings. The van der Waals surface area contributed by atoms with Crippen molar-refractivity contribution >= 4 is 17.3 Å². The molecule has 156 valence electrons. The molecule has 2 N–H and O–H groups in total. The molecule has 3 heterocycles. The topological polar surface area (TPSA) is 56.6 Å². The number of phenolic OH excluding ortho intramolecular Hbond substituents is 1. The quantitative estimate of drug-likeness (QED) is 0.570. The van der Waals surface area contributed by atoms with E-state index < -0.39 is 0 Å². The van der Waals surface area contributed by atoms with Crippen LogP contribution in [0, 0.1) is 0 Å². The summed E-state index contributed by atoms with van der Waals surface area (Å²) in [4.78, 5) is 9.09. The van der Waals surface area contributed by atoms with Gasteiger partial charge in [0.15, 0.2) is 5.11 Å². The summed E-state index contributed by atoms with van der Waals surface area (Å²) < 4.78 is 2.16. The first-order valence-corrected chi connectivity index (χ1v) is 10.5. The summed E-state index contributed by atoms with van der Waals surface area (Å²) in [5, 5.41) is 14.0. The number of aromatic hydroxyl groups is 1. The molecule has 0 radical (unpaired) electrons. The van der Waals surface area contributed by atoms with Crippen LogP contribution in [0.2, 0.25) is 0 Å². The van der Waals surface area contributed by atoms with E-state index in [0.29, 0.717) is 0 Å². The lowest BCUT2D eigenvalue weighted by molar-refractivity contribution is 0.286. The van der Waals surface area contributed by atoms with Gasteiger partial charge in [0.1, 0.15) is 5.75 Å². The zero-order valence-corrected chi connectivity index (χ0v) is 18.1. The van der Waals surface area contributed by atoms with Crippen molar-refractivity contribution in [2.75, 3.05) is 27.2 Å². The fourth-order valence-electron chi connectivity index (χ4n) is 4.01. The van der Waals surface area contributed by atoms with E-state index in [1.165, 1.54) is 0 Å². The van der Waals surface area contributed by atoms with Crippen LogP contribution in [0.25, 0.3) is 5.69 Å². The van der Waals surface area contributed by atoms with Gasteiger partial charge < -0.3 is 24.8 Å². The molecular formula is C23H27N5OS. The Morgan fingerprint density at radius 3 is 2.60 bits per heavy atom. The second-order valence-electron chi connectivity index (χ2n) is 7.80. The number of benzene rings is 1. The molecule has 0 bridgehead atoms. The number of nitrogens with one attached hydrogen (secondary N) is 1. The van der Waals surface area contributed by atoms with Crippen molar-refractivity contribution in [3.63, 3.8) is 0 Å². The van der Waals surface area contributed by atoms with Crippen LogP contribution in [-0.2, 0) is 0 Å². The van der Waals surface area contributed by atoms with Gasteiger partial charge in [0, 0.05) is 30.3 Å². The molecule has 0 amide bonds. The molecule has 0 aliphatic carbocycles. The number of hydrogen-bond acceptors (Lipinski definition) is 4. The first-order chi connectivity index (χ1) is 14.5. The van der Waals surface area contributed by atoms with E-state index in [1.807, 2.05) is 36.5 Å². The molecule has 1 saturated heterocycles. The number of nitrogens with zero attached hydrogens (tertiary/aromatic N) is 4. The Kier molecular flexibility index (Phi) is 6.01. The van der Waals surface area contributed by atoms with Crippen LogP contribution in [-0.4, -0.2) is 56.8 Å². The second-order valence-corrected chi connectivity index (χ2v) is 8.18. The van der Waals surface area contributed by atoms with Gasteiger partial charge in [-0.05, 0) is 87.8 Å². The SMILES string of the molecule is CN(C)CCCN1C(=S)N[C@H](c2ccccn2)[C@H]1c1cccn1-c1ccc(O)cc1. The highest BCUT2D eigenvalue weighted by atomic mass is 32.1. The van der Waals surface area contributed by atoms with E-state index in [9.17, 15) is 5.11 Å². The maximum atomic E-state index is 9.69. The minimum absolute atomic E-state index is 0.0124. The molecule has 1 aliphatic heterocycles. The van der Waals surface area contributed by atoms with E-state index in [0.717, 1.165) is 41.7 Å². The van der Waals surface area contributed by atoms with Crippen LogP contribution in [0.1, 0.15) is 29.9 Å². The summed E-state index contributed by atoms with van der Waals surface area (Å²) in [6.07, 6.45) is 4.89. The van der Waals surface area contributed by atoms with Gasteiger partial charge in [0.05, 0.1) is 17.8 Å². The first kappa shape index (κ1) is 20.4. The lowest BCUT2D eigenvalue weighted by Crippen LogP contribution is -2.32. The lowest BCUT2D eigenvalue weighted by atomic mass is 10.0. The molecule has 2 atom stereocenters. The van der Waals surface area contributed by atoms with Crippen molar-refractivity contribution in [2.45, 2.75) is 18.5 Å². The molecule has 4 rings (SSSR count). The standard InChI is InChI=1S/C23H27N5OS/c1-26(2)14-6-16-28-22(21(25-23(28)30)19-7-3-4-13-24-19)20-8-5-15-27(20)17-9-11-18(29)12-10-17/h3-5,7-13,15,21-22,29H,6,14,16H2,1-2H3,(H,25,30)/t21-,22-/m1/s1. The molecule has 7 heteroatoms. The van der Waals surface area contributed by atoms with Gasteiger partial charge in [0.2, 0.25) is 0 Å². The number of hydrogen-bond donors (Lipinski definition) is 2. The summed E-state index contributed by atoms with van der Waals surface area (Å²) in [6, 6.07) is 17.4. The largest absolute Gasteiger partial charge is 0.508 e. The van der Waals surface area contributed by atoms with Gasteiger partial charge in [-0.3, -0.25) is 4.98 Å². The number of aromatic nitrogens is 2. The summed E-state index contributed by atoms with van der Waals surface area (Å²) in [5.74, 6) is 0.257. The number of pyridine rings is 1. The van der Waals surface area contributed by atoms with Gasteiger partial charge >= 0.3 is 0 Å². The Balaban J connectivity index is 1.73. The summed E-state index contributed by atoms with van der Waals surface area (Å²) in [5.41, 5.74) is 3.10. The van der Waals surface area contributed by atoms with Gasteiger partial charge in [-0.2, -0.15) is 0 Å². The lowest BCUT2D eigenvalue weighted by Gasteiger charge is -2.29. The predicted octanol–water partition coefficient (Wildman–Crippen LogP) is 3.50. The van der Waals surface area contributed by atoms with E-state index in [-0.39, 0.29) is 17.8 Å². The highest BCUT2D eigenvalue weighted by molar-refractivity contribution is 7.80. The Morgan fingerprint density at radius 2 is 1.90 bits per heavy atom. The summed E-state index contributed by atoms with van der Waals surface area (Å²) in [6.45, 7) is 1.86. The van der Waals surface area contributed by atoms with Crippen molar-refractivity contribution in [1.29, 1.82) is 0 Å². The van der Waals surface area contributed by atoms with Crippen molar-refractivity contribution in [3.05, 3.63) is 78.4 Å². The first-order valence-electron chi connectivity index (χ1n) is 10.1. The third-order valence-corrected chi connectivity index (χ3v) is 5.77. The van der Waals surface area contributed by atoms with Gasteiger partial charge in [-0.15, -0.1) is 0 Å². The molecule has 0 spiro atoms. The highest BCUT2D eigenvalue weighted by Gasteiger charge is 2.40. The van der Waals surface area contributed by atoms with Crippen molar-refractivity contribution < 1.29 is 5.11 Å². The second kappa shape index (κ2) is 8.85. The average Bonchev–Trinajstić information content (AvgIpc) is 3.34. The van der Waals surface area contributed by atoms with E-state index in [1.54, 1.807) is 12.1 Å². The normalized spacial score (nSPS) is 18.8. The van der Waals surface area contributed by atoms with Crippen LogP contribution in [0.4, 0.5) is 0 Å². The van der Waals surface area contributed by atoms with Gasteiger partial charge in [-0.1, -0.05) is 6.07 Å². The molecule has 30 heavy (non-hydrogen) atoms. The third-order valence-electron chi connectivity index (χ3n) is 5.41. The maximum absolute atomic E-state index is 9.69. The van der Waals surface area contributed by atoms with Crippen LogP contribution in [0.3, 0.4) is 0 Å². The number of thiocarbonyl (C=S) groups is 1. The van der Waals surface area contributed by atoms with E-state index in [2.05, 4.69) is 57.1 Å². The van der Waals surface area contributed by atoms with Crippen molar-refractivity contribution in [1.82, 2.24) is 24.7 Å². The minimum Gasteiger partial charge on any atom is -0.508 e. The average molecular weight is 422 g/mol. The fraction of sp³-hybridized carbons (Fsp3) is 0.304. The monoisotopic (exact) mass is 421 g/mol. The Hall–Kier alpha value is -2.90. The molecule has 1 aromatic carbocycles. The molecular weight excluding hydrogens is 394 g/mol.